The molecular weight excluding hydrogens is 260 g/mol. The molecule has 3 heterocycles. The van der Waals surface area contributed by atoms with Crippen molar-refractivity contribution in [2.45, 2.75) is 26.4 Å². The Bertz CT molecular complexity index is 733. The van der Waals surface area contributed by atoms with Gasteiger partial charge in [0.15, 0.2) is 0 Å². The highest BCUT2D eigenvalue weighted by atomic mass is 15.1. The molecule has 0 amide bonds. The van der Waals surface area contributed by atoms with Gasteiger partial charge in [-0.2, -0.15) is 0 Å². The van der Waals surface area contributed by atoms with Crippen LogP contribution in [0.5, 0.6) is 0 Å². The van der Waals surface area contributed by atoms with Gasteiger partial charge >= 0.3 is 0 Å². The lowest BCUT2D eigenvalue weighted by Gasteiger charge is -2.24. The zero-order chi connectivity index (χ0) is 14.8. The highest BCUT2D eigenvalue weighted by Crippen LogP contribution is 2.20. The van der Waals surface area contributed by atoms with E-state index in [1.807, 2.05) is 24.7 Å². The van der Waals surface area contributed by atoms with Gasteiger partial charge in [-0.1, -0.05) is 12.1 Å². The SMILES string of the molecule is Cc1ccc2ncc(CN(C)[C@@H](C)c3cccnc3)n2c1. The van der Waals surface area contributed by atoms with E-state index in [2.05, 4.69) is 64.6 Å². The molecule has 0 saturated heterocycles. The van der Waals surface area contributed by atoms with Gasteiger partial charge in [0.25, 0.3) is 0 Å². The first-order chi connectivity index (χ1) is 10.1. The van der Waals surface area contributed by atoms with Gasteiger partial charge in [-0.15, -0.1) is 0 Å². The Morgan fingerprint density at radius 1 is 1.24 bits per heavy atom. The molecule has 0 aromatic carbocycles. The predicted octanol–water partition coefficient (Wildman–Crippen LogP) is 3.23. The van der Waals surface area contributed by atoms with Crippen LogP contribution in [0, 0.1) is 6.92 Å². The van der Waals surface area contributed by atoms with Crippen LogP contribution in [0.2, 0.25) is 0 Å². The molecule has 0 aliphatic rings. The van der Waals surface area contributed by atoms with Crippen LogP contribution in [-0.2, 0) is 6.54 Å². The Balaban J connectivity index is 1.83. The molecule has 21 heavy (non-hydrogen) atoms. The van der Waals surface area contributed by atoms with Crippen LogP contribution in [0.4, 0.5) is 0 Å². The van der Waals surface area contributed by atoms with E-state index in [0.717, 1.165) is 12.2 Å². The number of aryl methyl sites for hydroxylation is 1. The monoisotopic (exact) mass is 280 g/mol. The maximum Gasteiger partial charge on any atom is 0.136 e. The van der Waals surface area contributed by atoms with Gasteiger partial charge in [-0.05, 0) is 44.2 Å². The zero-order valence-corrected chi connectivity index (χ0v) is 12.7. The molecule has 4 heteroatoms. The molecule has 0 aliphatic carbocycles. The highest BCUT2D eigenvalue weighted by Gasteiger charge is 2.14. The van der Waals surface area contributed by atoms with Crippen molar-refractivity contribution < 1.29 is 0 Å². The van der Waals surface area contributed by atoms with Crippen molar-refractivity contribution in [1.29, 1.82) is 0 Å². The van der Waals surface area contributed by atoms with E-state index in [-0.39, 0.29) is 0 Å². The van der Waals surface area contributed by atoms with Crippen LogP contribution in [0.15, 0.2) is 49.1 Å². The first kappa shape index (κ1) is 13.8. The largest absolute Gasteiger partial charge is 0.303 e. The van der Waals surface area contributed by atoms with Crippen molar-refractivity contribution in [3.63, 3.8) is 0 Å². The first-order valence-corrected chi connectivity index (χ1v) is 7.18. The molecule has 0 N–H and O–H groups in total. The second-order valence-corrected chi connectivity index (χ2v) is 5.56. The molecule has 0 radical (unpaired) electrons. The van der Waals surface area contributed by atoms with Crippen LogP contribution in [0.25, 0.3) is 5.65 Å². The van der Waals surface area contributed by atoms with E-state index in [4.69, 9.17) is 0 Å². The van der Waals surface area contributed by atoms with Crippen LogP contribution in [0.1, 0.15) is 29.8 Å². The Labute approximate surface area is 125 Å². The van der Waals surface area contributed by atoms with Gasteiger partial charge in [0, 0.05) is 31.2 Å². The Morgan fingerprint density at radius 2 is 2.10 bits per heavy atom. The van der Waals surface area contributed by atoms with Crippen molar-refractivity contribution in [3.8, 4) is 0 Å². The summed E-state index contributed by atoms with van der Waals surface area (Å²) in [6.45, 7) is 5.15. The van der Waals surface area contributed by atoms with Gasteiger partial charge < -0.3 is 4.40 Å². The van der Waals surface area contributed by atoms with Gasteiger partial charge in [0.2, 0.25) is 0 Å². The van der Waals surface area contributed by atoms with Crippen molar-refractivity contribution in [2.75, 3.05) is 7.05 Å². The average molecular weight is 280 g/mol. The Hall–Kier alpha value is -2.20. The second-order valence-electron chi connectivity index (χ2n) is 5.56. The van der Waals surface area contributed by atoms with Crippen LogP contribution < -0.4 is 0 Å². The number of imidazole rings is 1. The lowest BCUT2D eigenvalue weighted by Crippen LogP contribution is -2.22. The minimum absolute atomic E-state index is 0.314. The molecule has 1 atom stereocenters. The number of pyridine rings is 2. The van der Waals surface area contributed by atoms with E-state index in [1.165, 1.54) is 16.8 Å². The van der Waals surface area contributed by atoms with Crippen molar-refractivity contribution >= 4 is 5.65 Å². The Morgan fingerprint density at radius 3 is 2.86 bits per heavy atom. The topological polar surface area (TPSA) is 33.4 Å². The standard InChI is InChI=1S/C17H20N4/c1-13-6-7-17-19-10-16(21(17)11-13)12-20(3)14(2)15-5-4-8-18-9-15/h4-11,14H,12H2,1-3H3/t14-/m0/s1. The Kier molecular flexibility index (Phi) is 3.71. The van der Waals surface area contributed by atoms with Gasteiger partial charge in [-0.3, -0.25) is 9.88 Å². The summed E-state index contributed by atoms with van der Waals surface area (Å²) in [6, 6.07) is 8.57. The van der Waals surface area contributed by atoms with Gasteiger partial charge in [0.05, 0.1) is 11.9 Å². The molecule has 0 fully saturated rings. The quantitative estimate of drug-likeness (QED) is 0.735. The minimum atomic E-state index is 0.314. The third-order valence-corrected chi connectivity index (χ3v) is 3.97. The summed E-state index contributed by atoms with van der Waals surface area (Å²) in [5.74, 6) is 0. The van der Waals surface area contributed by atoms with Crippen molar-refractivity contribution in [2.24, 2.45) is 0 Å². The molecule has 108 valence electrons. The molecular formula is C17H20N4. The van der Waals surface area contributed by atoms with E-state index < -0.39 is 0 Å². The van der Waals surface area contributed by atoms with Crippen LogP contribution in [0.3, 0.4) is 0 Å². The molecule has 4 nitrogen and oxygen atoms in total. The molecule has 3 aromatic heterocycles. The lowest BCUT2D eigenvalue weighted by molar-refractivity contribution is 0.249. The second kappa shape index (κ2) is 5.66. The summed E-state index contributed by atoms with van der Waals surface area (Å²) in [6.07, 6.45) is 7.84. The van der Waals surface area contributed by atoms with E-state index in [0.29, 0.717) is 6.04 Å². The van der Waals surface area contributed by atoms with E-state index >= 15 is 0 Å². The summed E-state index contributed by atoms with van der Waals surface area (Å²) < 4.78 is 2.17. The molecule has 0 saturated carbocycles. The van der Waals surface area contributed by atoms with Gasteiger partial charge in [-0.25, -0.2) is 4.98 Å². The normalized spacial score (nSPS) is 13.0. The summed E-state index contributed by atoms with van der Waals surface area (Å²) in [5, 5.41) is 0. The highest BCUT2D eigenvalue weighted by molar-refractivity contribution is 5.41. The van der Waals surface area contributed by atoms with E-state index in [1.54, 1.807) is 0 Å². The molecule has 0 spiro atoms. The predicted molar refractivity (Wildman–Crippen MR) is 84.0 cm³/mol. The number of fused-ring (bicyclic) bond motifs is 1. The number of aromatic nitrogens is 3. The number of hydrogen-bond donors (Lipinski definition) is 0. The summed E-state index contributed by atoms with van der Waals surface area (Å²) in [7, 11) is 2.13. The number of nitrogens with zero attached hydrogens (tertiary/aromatic N) is 4. The molecule has 3 rings (SSSR count). The number of hydrogen-bond acceptors (Lipinski definition) is 3. The summed E-state index contributed by atoms with van der Waals surface area (Å²) >= 11 is 0. The maximum atomic E-state index is 4.47. The third-order valence-electron chi connectivity index (χ3n) is 3.97. The van der Waals surface area contributed by atoms with Crippen molar-refractivity contribution in [1.82, 2.24) is 19.3 Å². The first-order valence-electron chi connectivity index (χ1n) is 7.18. The lowest BCUT2D eigenvalue weighted by atomic mass is 10.1. The smallest absolute Gasteiger partial charge is 0.136 e. The van der Waals surface area contributed by atoms with E-state index in [9.17, 15) is 0 Å². The molecule has 0 bridgehead atoms. The number of rotatable bonds is 4. The average Bonchev–Trinajstić information content (AvgIpc) is 2.89. The van der Waals surface area contributed by atoms with Crippen LogP contribution in [-0.4, -0.2) is 26.3 Å². The summed E-state index contributed by atoms with van der Waals surface area (Å²) in [4.78, 5) is 11.0. The fraction of sp³-hybridized carbons (Fsp3) is 0.294. The fourth-order valence-corrected chi connectivity index (χ4v) is 2.52. The summed E-state index contributed by atoms with van der Waals surface area (Å²) in [5.41, 5.74) is 4.67. The fourth-order valence-electron chi connectivity index (χ4n) is 2.52. The molecule has 0 unspecified atom stereocenters. The zero-order valence-electron chi connectivity index (χ0n) is 12.7. The third kappa shape index (κ3) is 2.81. The van der Waals surface area contributed by atoms with Gasteiger partial charge in [0.1, 0.15) is 5.65 Å². The minimum Gasteiger partial charge on any atom is -0.303 e. The van der Waals surface area contributed by atoms with Crippen LogP contribution >= 0.6 is 0 Å². The van der Waals surface area contributed by atoms with Crippen molar-refractivity contribution in [3.05, 3.63) is 65.9 Å². The molecule has 0 aliphatic heterocycles. The molecule has 3 aromatic rings. The maximum absolute atomic E-state index is 4.47.